The molecule has 0 amide bonds. The molecule has 0 atom stereocenters. The first-order chi connectivity index (χ1) is 12.2. The number of benzene rings is 1. The van der Waals surface area contributed by atoms with E-state index in [1.807, 2.05) is 6.07 Å². The first kappa shape index (κ1) is 19.4. The average molecular weight is 344 g/mol. The van der Waals surface area contributed by atoms with Crippen molar-refractivity contribution in [2.24, 2.45) is 0 Å². The molecule has 0 saturated carbocycles. The number of nitrogens with zero attached hydrogens (tertiary/aromatic N) is 2. The summed E-state index contributed by atoms with van der Waals surface area (Å²) in [5, 5.41) is 0. The second-order valence-corrected chi connectivity index (χ2v) is 6.40. The summed E-state index contributed by atoms with van der Waals surface area (Å²) in [5.41, 5.74) is 1.60. The normalized spacial score (nSPS) is 10.8. The van der Waals surface area contributed by atoms with Gasteiger partial charge in [0.2, 0.25) is 0 Å². The maximum Gasteiger partial charge on any atom is 0.165 e. The highest BCUT2D eigenvalue weighted by Gasteiger charge is 2.07. The van der Waals surface area contributed by atoms with Crippen LogP contribution in [0.2, 0.25) is 0 Å². The Labute approximate surface area is 150 Å². The molecule has 0 bridgehead atoms. The summed E-state index contributed by atoms with van der Waals surface area (Å²) in [6.45, 7) is 4.84. The maximum atomic E-state index is 14.1. The molecular formula is C21H29FN2O. The fourth-order valence-electron chi connectivity index (χ4n) is 2.64. The van der Waals surface area contributed by atoms with E-state index >= 15 is 0 Å². The van der Waals surface area contributed by atoms with Gasteiger partial charge in [0.05, 0.1) is 6.61 Å². The molecule has 4 heteroatoms. The number of ether oxygens (including phenoxy) is 1. The quantitative estimate of drug-likeness (QED) is 0.471. The lowest BCUT2D eigenvalue weighted by Crippen LogP contribution is -1.99. The van der Waals surface area contributed by atoms with Gasteiger partial charge in [-0.25, -0.2) is 14.4 Å². The van der Waals surface area contributed by atoms with Crippen LogP contribution < -0.4 is 4.74 Å². The van der Waals surface area contributed by atoms with Crippen molar-refractivity contribution >= 4 is 0 Å². The molecule has 136 valence electrons. The van der Waals surface area contributed by atoms with Gasteiger partial charge in [-0.1, -0.05) is 52.0 Å². The zero-order chi connectivity index (χ0) is 17.9. The fourth-order valence-corrected chi connectivity index (χ4v) is 2.64. The minimum atomic E-state index is -0.339. The molecule has 1 aromatic heterocycles. The largest absolute Gasteiger partial charge is 0.491 e. The first-order valence-corrected chi connectivity index (χ1v) is 9.48. The highest BCUT2D eigenvalue weighted by molar-refractivity contribution is 5.62. The van der Waals surface area contributed by atoms with Crippen molar-refractivity contribution in [3.05, 3.63) is 42.2 Å². The number of unbranched alkanes of at least 4 members (excludes halogenated alkanes) is 5. The van der Waals surface area contributed by atoms with Gasteiger partial charge < -0.3 is 4.74 Å². The Bertz CT molecular complexity index is 628. The fraction of sp³-hybridized carbons (Fsp3) is 0.524. The van der Waals surface area contributed by atoms with Crippen LogP contribution >= 0.6 is 0 Å². The summed E-state index contributed by atoms with van der Waals surface area (Å²) in [6.07, 6.45) is 12.6. The minimum Gasteiger partial charge on any atom is -0.491 e. The van der Waals surface area contributed by atoms with Gasteiger partial charge in [0.1, 0.15) is 5.82 Å². The van der Waals surface area contributed by atoms with Crippen LogP contribution in [0.25, 0.3) is 11.1 Å². The van der Waals surface area contributed by atoms with Gasteiger partial charge in [-0.05, 0) is 30.5 Å². The van der Waals surface area contributed by atoms with Crippen LogP contribution in [0.5, 0.6) is 5.75 Å². The van der Waals surface area contributed by atoms with Crippen LogP contribution in [0.1, 0.15) is 64.6 Å². The van der Waals surface area contributed by atoms with E-state index in [1.54, 1.807) is 18.5 Å². The van der Waals surface area contributed by atoms with Gasteiger partial charge >= 0.3 is 0 Å². The number of rotatable bonds is 11. The first-order valence-electron chi connectivity index (χ1n) is 9.48. The van der Waals surface area contributed by atoms with Crippen LogP contribution in [-0.2, 0) is 6.42 Å². The Morgan fingerprint density at radius 1 is 0.880 bits per heavy atom. The maximum absolute atomic E-state index is 14.1. The molecule has 0 spiro atoms. The lowest BCUT2D eigenvalue weighted by molar-refractivity contribution is 0.294. The molecule has 0 aliphatic heterocycles. The zero-order valence-corrected chi connectivity index (χ0v) is 15.4. The van der Waals surface area contributed by atoms with Crippen molar-refractivity contribution in [2.75, 3.05) is 6.61 Å². The molecule has 2 rings (SSSR count). The van der Waals surface area contributed by atoms with Crippen LogP contribution in [-0.4, -0.2) is 16.6 Å². The standard InChI is InChI=1S/C21H29FN2O/c1-3-5-7-8-9-10-21-23-15-18(16-24-21)17-11-12-20(19(22)14-17)25-13-6-4-2/h11-12,14-16H,3-10,13H2,1-2H3. The van der Waals surface area contributed by atoms with Crippen molar-refractivity contribution < 1.29 is 9.13 Å². The Morgan fingerprint density at radius 2 is 1.60 bits per heavy atom. The van der Waals surface area contributed by atoms with E-state index in [0.717, 1.165) is 42.6 Å². The molecule has 0 fully saturated rings. The zero-order valence-electron chi connectivity index (χ0n) is 15.4. The van der Waals surface area contributed by atoms with E-state index in [0.29, 0.717) is 12.4 Å². The lowest BCUT2D eigenvalue weighted by Gasteiger charge is -2.08. The summed E-state index contributed by atoms with van der Waals surface area (Å²) in [4.78, 5) is 8.84. The highest BCUT2D eigenvalue weighted by atomic mass is 19.1. The van der Waals surface area contributed by atoms with Crippen molar-refractivity contribution in [1.29, 1.82) is 0 Å². The van der Waals surface area contributed by atoms with Gasteiger partial charge in [0, 0.05) is 24.4 Å². The van der Waals surface area contributed by atoms with Gasteiger partial charge in [0.15, 0.2) is 11.6 Å². The predicted molar refractivity (Wildman–Crippen MR) is 100 cm³/mol. The second-order valence-electron chi connectivity index (χ2n) is 6.40. The third-order valence-corrected chi connectivity index (χ3v) is 4.23. The van der Waals surface area contributed by atoms with E-state index in [4.69, 9.17) is 4.74 Å². The summed E-state index contributed by atoms with van der Waals surface area (Å²) < 4.78 is 19.6. The molecule has 3 nitrogen and oxygen atoms in total. The van der Waals surface area contributed by atoms with E-state index in [1.165, 1.54) is 31.7 Å². The molecule has 0 aliphatic carbocycles. The molecule has 25 heavy (non-hydrogen) atoms. The number of halogens is 1. The topological polar surface area (TPSA) is 35.0 Å². The summed E-state index contributed by atoms with van der Waals surface area (Å²) >= 11 is 0. The SMILES string of the molecule is CCCCCCCc1ncc(-c2ccc(OCCCC)c(F)c2)cn1. The van der Waals surface area contributed by atoms with Crippen molar-refractivity contribution in [3.8, 4) is 16.9 Å². The Kier molecular flexibility index (Phi) is 8.36. The Hall–Kier alpha value is -1.97. The van der Waals surface area contributed by atoms with E-state index in [9.17, 15) is 4.39 Å². The second kappa shape index (κ2) is 10.8. The smallest absolute Gasteiger partial charge is 0.165 e. The number of aromatic nitrogens is 2. The van der Waals surface area contributed by atoms with E-state index in [2.05, 4.69) is 23.8 Å². The monoisotopic (exact) mass is 344 g/mol. The Morgan fingerprint density at radius 3 is 2.28 bits per heavy atom. The molecule has 0 radical (unpaired) electrons. The molecule has 2 aromatic rings. The minimum absolute atomic E-state index is 0.307. The molecule has 1 aromatic carbocycles. The van der Waals surface area contributed by atoms with Gasteiger partial charge in [-0.15, -0.1) is 0 Å². The van der Waals surface area contributed by atoms with Crippen molar-refractivity contribution in [1.82, 2.24) is 9.97 Å². The third-order valence-electron chi connectivity index (χ3n) is 4.23. The van der Waals surface area contributed by atoms with Crippen LogP contribution in [0.4, 0.5) is 4.39 Å². The number of hydrogen-bond acceptors (Lipinski definition) is 3. The summed E-state index contributed by atoms with van der Waals surface area (Å²) in [6, 6.07) is 5.03. The Balaban J connectivity index is 1.91. The van der Waals surface area contributed by atoms with E-state index < -0.39 is 0 Å². The average Bonchev–Trinajstić information content (AvgIpc) is 2.63. The summed E-state index contributed by atoms with van der Waals surface area (Å²) in [5.74, 6) is 0.829. The predicted octanol–water partition coefficient (Wildman–Crippen LogP) is 5.97. The van der Waals surface area contributed by atoms with Gasteiger partial charge in [-0.2, -0.15) is 0 Å². The highest BCUT2D eigenvalue weighted by Crippen LogP contribution is 2.25. The molecule has 0 unspecified atom stereocenters. The third kappa shape index (κ3) is 6.45. The molecule has 0 N–H and O–H groups in total. The number of aryl methyl sites for hydroxylation is 1. The molecule has 0 aliphatic rings. The number of hydrogen-bond donors (Lipinski definition) is 0. The van der Waals surface area contributed by atoms with E-state index in [-0.39, 0.29) is 5.82 Å². The van der Waals surface area contributed by atoms with Gasteiger partial charge in [0.25, 0.3) is 0 Å². The van der Waals surface area contributed by atoms with Crippen LogP contribution in [0.15, 0.2) is 30.6 Å². The summed E-state index contributed by atoms with van der Waals surface area (Å²) in [7, 11) is 0. The molecule has 1 heterocycles. The lowest BCUT2D eigenvalue weighted by atomic mass is 10.1. The van der Waals surface area contributed by atoms with Crippen LogP contribution in [0, 0.1) is 5.82 Å². The van der Waals surface area contributed by atoms with Gasteiger partial charge in [-0.3, -0.25) is 0 Å². The molecule has 0 saturated heterocycles. The molecular weight excluding hydrogens is 315 g/mol. The van der Waals surface area contributed by atoms with Crippen molar-refractivity contribution in [2.45, 2.75) is 65.2 Å². The van der Waals surface area contributed by atoms with Crippen LogP contribution in [0.3, 0.4) is 0 Å². The van der Waals surface area contributed by atoms with Crippen molar-refractivity contribution in [3.63, 3.8) is 0 Å².